The molecule has 0 spiro atoms. The molecule has 2 aromatic carbocycles. The molecular formula is C25H26FN3O5. The van der Waals surface area contributed by atoms with Crippen molar-refractivity contribution in [2.45, 2.75) is 38.4 Å². The largest absolute Gasteiger partial charge is 0.488 e. The smallest absolute Gasteiger partial charge is 0.255 e. The van der Waals surface area contributed by atoms with Crippen LogP contribution in [0.4, 0.5) is 4.39 Å². The first-order chi connectivity index (χ1) is 24.2. The maximum Gasteiger partial charge on any atom is 0.255 e. The van der Waals surface area contributed by atoms with Crippen molar-refractivity contribution in [1.82, 2.24) is 15.1 Å². The van der Waals surface area contributed by atoms with Crippen LogP contribution in [-0.2, 0) is 33.9 Å². The predicted molar refractivity (Wildman–Crippen MR) is 119 cm³/mol. The molecule has 1 N–H and O–H groups in total. The SMILES string of the molecule is [2H]c1c([2H])c(OC([2H])([2H])c2c([2H])c([2H])c(C([2H])([2H])N3C([2H])([2H])C([2H])([2H])OC([2H])([2H])C3([2H])[2H])c([2H])c2F)c2c(c1[2H])C(=O)N([C@H]1CCC(=O)NC1=O)C2([2H])[2H]. The molecule has 34 heavy (non-hydrogen) atoms. The summed E-state index contributed by atoms with van der Waals surface area (Å²) in [5, 5.41) is 1.92. The molecule has 2 aromatic rings. The van der Waals surface area contributed by atoms with E-state index >= 15 is 4.39 Å². The fourth-order valence-electron chi connectivity index (χ4n) is 3.14. The molecule has 9 heteroatoms. The van der Waals surface area contributed by atoms with Crippen LogP contribution < -0.4 is 10.1 Å². The molecule has 0 aliphatic carbocycles. The van der Waals surface area contributed by atoms with Gasteiger partial charge in [-0.2, -0.15) is 0 Å². The fraction of sp³-hybridized carbons (Fsp3) is 0.400. The van der Waals surface area contributed by atoms with Crippen LogP contribution in [0.2, 0.25) is 0 Å². The van der Waals surface area contributed by atoms with Gasteiger partial charge in [-0.15, -0.1) is 0 Å². The molecule has 2 saturated heterocycles. The highest BCUT2D eigenvalue weighted by Gasteiger charge is 2.40. The highest BCUT2D eigenvalue weighted by Crippen LogP contribution is 2.34. The predicted octanol–water partition coefficient (Wildman–Crippen LogP) is 2.00. The lowest BCUT2D eigenvalue weighted by Gasteiger charge is -2.29. The number of morpholine rings is 1. The number of carbonyl (C=O) groups is 3. The summed E-state index contributed by atoms with van der Waals surface area (Å²) in [5.74, 6) is -6.86. The van der Waals surface area contributed by atoms with E-state index in [1.807, 2.05) is 5.32 Å². The van der Waals surface area contributed by atoms with Gasteiger partial charge in [-0.1, -0.05) is 18.1 Å². The average Bonchev–Trinajstić information content (AvgIpc) is 3.20. The second-order valence-corrected chi connectivity index (χ2v) is 6.83. The van der Waals surface area contributed by atoms with Gasteiger partial charge in [-0.05, 0) is 30.1 Å². The zero-order valence-electron chi connectivity index (χ0n) is 36.8. The maximum atomic E-state index is 16.2. The van der Waals surface area contributed by atoms with E-state index in [-0.39, 0.29) is 11.3 Å². The van der Waals surface area contributed by atoms with Gasteiger partial charge in [-0.25, -0.2) is 4.39 Å². The highest BCUT2D eigenvalue weighted by atomic mass is 19.1. The highest BCUT2D eigenvalue weighted by molar-refractivity contribution is 6.05. The van der Waals surface area contributed by atoms with Gasteiger partial charge in [0.15, 0.2) is 0 Å². The summed E-state index contributed by atoms with van der Waals surface area (Å²) >= 11 is 0. The van der Waals surface area contributed by atoms with Crippen LogP contribution in [-0.4, -0.2) is 59.7 Å². The minimum Gasteiger partial charge on any atom is -0.488 e. The maximum absolute atomic E-state index is 16.2. The Bertz CT molecular complexity index is 1970. The average molecular weight is 488 g/mol. The van der Waals surface area contributed by atoms with Gasteiger partial charge in [0.1, 0.15) is 24.2 Å². The van der Waals surface area contributed by atoms with Gasteiger partial charge in [0.25, 0.3) is 5.91 Å². The van der Waals surface area contributed by atoms with E-state index in [1.54, 1.807) is 0 Å². The number of fused-ring (bicyclic) bond motifs is 1. The van der Waals surface area contributed by atoms with Crippen molar-refractivity contribution in [2.24, 2.45) is 0 Å². The molecule has 3 amide bonds. The molecule has 1 atom stereocenters. The minimum atomic E-state index is -4.09. The van der Waals surface area contributed by atoms with Crippen LogP contribution in [0.3, 0.4) is 0 Å². The van der Waals surface area contributed by atoms with E-state index in [1.165, 1.54) is 0 Å². The molecule has 3 aliphatic heterocycles. The van der Waals surface area contributed by atoms with Gasteiger partial charge in [0.05, 0.1) is 38.8 Å². The zero-order chi connectivity index (χ0) is 41.4. The fourth-order valence-corrected chi connectivity index (χ4v) is 3.14. The first kappa shape index (κ1) is 9.05. The summed E-state index contributed by atoms with van der Waals surface area (Å²) in [5.41, 5.74) is -5.51. The molecule has 0 unspecified atom stereocenters. The first-order valence-corrected chi connectivity index (χ1v) is 9.54. The Morgan fingerprint density at radius 3 is 2.85 bits per heavy atom. The third-order valence-corrected chi connectivity index (χ3v) is 4.69. The Labute approximate surface area is 224 Å². The van der Waals surface area contributed by atoms with Crippen molar-refractivity contribution in [1.29, 1.82) is 0 Å². The van der Waals surface area contributed by atoms with Gasteiger partial charge >= 0.3 is 0 Å². The van der Waals surface area contributed by atoms with E-state index in [0.717, 1.165) is 0 Å². The quantitative estimate of drug-likeness (QED) is 0.627. The lowest BCUT2D eigenvalue weighted by molar-refractivity contribution is -0.136. The number of amides is 3. The lowest BCUT2D eigenvalue weighted by atomic mass is 10.0. The van der Waals surface area contributed by atoms with Crippen molar-refractivity contribution in [3.05, 3.63) is 64.3 Å². The molecule has 5 rings (SSSR count). The monoisotopic (exact) mass is 487 g/mol. The van der Waals surface area contributed by atoms with Crippen LogP contribution in [0, 0.1) is 5.82 Å². The summed E-state index contributed by atoms with van der Waals surface area (Å²) < 4.78 is 192. The van der Waals surface area contributed by atoms with Crippen LogP contribution in [0.25, 0.3) is 0 Å². The molecule has 178 valence electrons. The number of hydrogen-bond donors (Lipinski definition) is 1. The standard InChI is InChI=1S/C25H26FN3O5/c26-20-12-16(13-28-8-10-33-11-9-28)4-5-17(20)15-34-22-3-1-2-18-19(22)14-29(25(18)32)21-6-7-23(30)27-24(21)31/h1-5,12,21H,6-11,13-15H2,(H,27,30,31)/t21-/m0/s1/i1D,2D,3D,4D,5D,8D2,9D2,10D2,11D2,12D,13D2,14D2,15D2. The second kappa shape index (κ2) is 9.52. The van der Waals surface area contributed by atoms with Gasteiger partial charge in [-0.3, -0.25) is 24.6 Å². The topological polar surface area (TPSA) is 88.2 Å². The van der Waals surface area contributed by atoms with Crippen LogP contribution in [0.5, 0.6) is 5.75 Å². The van der Waals surface area contributed by atoms with Crippen LogP contribution in [0.15, 0.2) is 36.3 Å². The summed E-state index contributed by atoms with van der Waals surface area (Å²) in [7, 11) is 0. The molecule has 3 aliphatic rings. The molecule has 0 saturated carbocycles. The Morgan fingerprint density at radius 2 is 2.06 bits per heavy atom. The normalized spacial score (nSPS) is 37.7. The van der Waals surface area contributed by atoms with Crippen molar-refractivity contribution >= 4 is 17.7 Å². The molecule has 8 nitrogen and oxygen atoms in total. The van der Waals surface area contributed by atoms with Crippen LogP contribution in [0.1, 0.15) is 67.3 Å². The molecule has 0 radical (unpaired) electrons. The summed E-state index contributed by atoms with van der Waals surface area (Å²) in [6, 6.07) is -10.4. The number of benzene rings is 2. The van der Waals surface area contributed by atoms with Crippen LogP contribution >= 0.6 is 0 Å². The Kier molecular flexibility index (Phi) is 2.53. The second-order valence-electron chi connectivity index (χ2n) is 6.83. The number of ether oxygens (including phenoxy) is 2. The number of nitrogens with zero attached hydrogens (tertiary/aromatic N) is 2. The van der Waals surface area contributed by atoms with Crippen molar-refractivity contribution in [3.8, 4) is 5.75 Å². The Morgan fingerprint density at radius 1 is 1.24 bits per heavy atom. The van der Waals surface area contributed by atoms with E-state index < -0.39 is 151 Å². The number of nitrogens with one attached hydrogen (secondary N) is 1. The summed E-state index contributed by atoms with van der Waals surface area (Å²) in [6.07, 6.45) is -0.769. The van der Waals surface area contributed by atoms with Gasteiger partial charge in [0, 0.05) is 50.8 Å². The third-order valence-electron chi connectivity index (χ3n) is 4.69. The number of hydrogen-bond acceptors (Lipinski definition) is 6. The van der Waals surface area contributed by atoms with Gasteiger partial charge in [0.2, 0.25) is 11.8 Å². The van der Waals surface area contributed by atoms with Crippen molar-refractivity contribution in [3.63, 3.8) is 0 Å². The number of carbonyl (C=O) groups excluding carboxylic acids is 3. The first-order valence-electron chi connectivity index (χ1n) is 19.5. The number of piperidine rings is 1. The summed E-state index contributed by atoms with van der Waals surface area (Å²) in [4.78, 5) is 37.5. The molecule has 2 fully saturated rings. The Hall–Kier alpha value is -3.30. The van der Waals surface area contributed by atoms with E-state index in [9.17, 15) is 14.4 Å². The molecule has 3 heterocycles. The Balaban J connectivity index is 1.68. The van der Waals surface area contributed by atoms with E-state index in [2.05, 4.69) is 4.74 Å². The third kappa shape index (κ3) is 4.53. The number of halogens is 1. The number of rotatable bonds is 6. The van der Waals surface area contributed by atoms with E-state index in [0.29, 0.717) is 0 Å². The molecule has 0 aromatic heterocycles. The minimum absolute atomic E-state index is 0.281. The van der Waals surface area contributed by atoms with Crippen molar-refractivity contribution in [2.75, 3.05) is 26.1 Å². The van der Waals surface area contributed by atoms with E-state index in [4.69, 9.17) is 32.2 Å². The van der Waals surface area contributed by atoms with Gasteiger partial charge < -0.3 is 14.4 Å². The number of imide groups is 1. The zero-order valence-corrected chi connectivity index (χ0v) is 16.8. The summed E-state index contributed by atoms with van der Waals surface area (Å²) in [6.45, 7) is -26.9. The lowest BCUT2D eigenvalue weighted by Crippen LogP contribution is -2.52. The molecule has 0 bridgehead atoms. The molecular weight excluding hydrogens is 441 g/mol. The van der Waals surface area contributed by atoms with Crippen molar-refractivity contribution < 1.29 is 55.7 Å².